The molecular weight excluding hydrogens is 681 g/mol. The number of benzene rings is 6. The SMILES string of the molecule is COc1ccc(S(=O)Oc2ccc(Oc3ccc(S(=O)(=O)c4ccc(-c5ccc(S(=O)(=O)c6ccc(C)cc6)cc5)cc4)cc3)cc2)cc1. The average Bonchev–Trinajstić information content (AvgIpc) is 3.13. The second-order valence-corrected chi connectivity index (χ2v) is 15.9. The van der Waals surface area contributed by atoms with Gasteiger partial charge in [0, 0.05) is 0 Å². The van der Waals surface area contributed by atoms with Crippen molar-refractivity contribution in [3.63, 3.8) is 0 Å². The first-order valence-corrected chi connectivity index (χ1v) is 19.0. The number of aryl methyl sites for hydroxylation is 1. The minimum atomic E-state index is -3.82. The summed E-state index contributed by atoms with van der Waals surface area (Å²) in [5.74, 6) is 1.95. The predicted molar refractivity (Wildman–Crippen MR) is 187 cm³/mol. The Bertz CT molecular complexity index is 2300. The second-order valence-electron chi connectivity index (χ2n) is 10.9. The Kier molecular flexibility index (Phi) is 9.68. The van der Waals surface area contributed by atoms with Crippen LogP contribution in [0, 0.1) is 6.92 Å². The molecule has 0 aliphatic carbocycles. The van der Waals surface area contributed by atoms with Gasteiger partial charge in [-0.2, -0.15) is 0 Å². The monoisotopic (exact) mass is 710 g/mol. The quantitative estimate of drug-likeness (QED) is 0.132. The summed E-state index contributed by atoms with van der Waals surface area (Å²) in [5, 5.41) is 0. The van der Waals surface area contributed by atoms with Gasteiger partial charge in [-0.1, -0.05) is 42.0 Å². The van der Waals surface area contributed by atoms with Crippen molar-refractivity contribution in [2.75, 3.05) is 7.11 Å². The Labute approximate surface area is 288 Å². The van der Waals surface area contributed by atoms with Crippen LogP contribution in [0.1, 0.15) is 5.56 Å². The van der Waals surface area contributed by atoms with Gasteiger partial charge in [0.25, 0.3) is 0 Å². The van der Waals surface area contributed by atoms with Gasteiger partial charge in [0.05, 0.1) is 31.6 Å². The van der Waals surface area contributed by atoms with Gasteiger partial charge >= 0.3 is 0 Å². The van der Waals surface area contributed by atoms with E-state index in [1.807, 2.05) is 6.92 Å². The first-order valence-electron chi connectivity index (χ1n) is 14.9. The Morgan fingerprint density at radius 2 is 0.796 bits per heavy atom. The summed E-state index contributed by atoms with van der Waals surface area (Å²) >= 11 is -1.71. The molecule has 0 aliphatic heterocycles. The first kappa shape index (κ1) is 33.7. The fourth-order valence-corrected chi connectivity index (χ4v) is 8.11. The number of sulfone groups is 2. The van der Waals surface area contributed by atoms with Crippen molar-refractivity contribution < 1.29 is 34.7 Å². The van der Waals surface area contributed by atoms with Crippen LogP contribution in [-0.2, 0) is 30.8 Å². The molecule has 0 spiro atoms. The topological polar surface area (TPSA) is 113 Å². The van der Waals surface area contributed by atoms with E-state index in [2.05, 4.69) is 0 Å². The molecule has 11 heteroatoms. The van der Waals surface area contributed by atoms with E-state index in [0.29, 0.717) is 27.9 Å². The Morgan fingerprint density at radius 3 is 1.22 bits per heavy atom. The molecule has 6 aromatic rings. The summed E-state index contributed by atoms with van der Waals surface area (Å²) in [7, 11) is -5.92. The van der Waals surface area contributed by atoms with Crippen LogP contribution in [0.4, 0.5) is 0 Å². The maximum Gasteiger partial charge on any atom is 0.240 e. The molecule has 0 saturated heterocycles. The fourth-order valence-electron chi connectivity index (χ4n) is 4.85. The Hall–Kier alpha value is -5.23. The zero-order valence-electron chi connectivity index (χ0n) is 26.3. The van der Waals surface area contributed by atoms with Crippen molar-refractivity contribution >= 4 is 30.8 Å². The highest BCUT2D eigenvalue weighted by Gasteiger charge is 2.19. The standard InChI is InChI=1S/C38H30O8S3/c1-27-3-19-35(20-4-27)48(40,41)36-21-5-28(6-22-36)29-7-23-37(24-8-29)49(42,43)38-25-15-32(16-26-38)45-31-9-11-33(12-10-31)46-47(39)34-17-13-30(44-2)14-18-34/h3-26H,1-2H3. The molecule has 0 amide bonds. The van der Waals surface area contributed by atoms with Crippen molar-refractivity contribution in [3.8, 4) is 34.1 Å². The van der Waals surface area contributed by atoms with E-state index in [-0.39, 0.29) is 19.6 Å². The van der Waals surface area contributed by atoms with Gasteiger partial charge in [-0.3, -0.25) is 0 Å². The third-order valence-corrected chi connectivity index (χ3v) is 12.2. The molecule has 0 aliphatic rings. The van der Waals surface area contributed by atoms with Gasteiger partial charge in [0.1, 0.15) is 23.0 Å². The van der Waals surface area contributed by atoms with Gasteiger partial charge in [-0.15, -0.1) is 0 Å². The van der Waals surface area contributed by atoms with E-state index in [1.54, 1.807) is 128 Å². The molecule has 1 unspecified atom stereocenters. The summed E-state index contributed by atoms with van der Waals surface area (Å²) in [6.07, 6.45) is 0. The predicted octanol–water partition coefficient (Wildman–Crippen LogP) is 8.23. The summed E-state index contributed by atoms with van der Waals surface area (Å²) < 4.78 is 81.8. The van der Waals surface area contributed by atoms with Crippen LogP contribution in [0.3, 0.4) is 0 Å². The van der Waals surface area contributed by atoms with E-state index in [1.165, 1.54) is 24.3 Å². The largest absolute Gasteiger partial charge is 0.497 e. The summed E-state index contributed by atoms with van der Waals surface area (Å²) in [6, 6.07) is 39.0. The molecule has 8 nitrogen and oxygen atoms in total. The van der Waals surface area contributed by atoms with Crippen molar-refractivity contribution in [1.29, 1.82) is 0 Å². The van der Waals surface area contributed by atoms with E-state index < -0.39 is 30.8 Å². The number of rotatable bonds is 11. The van der Waals surface area contributed by atoms with Crippen LogP contribution in [0.5, 0.6) is 23.0 Å². The highest BCUT2D eigenvalue weighted by atomic mass is 32.2. The van der Waals surface area contributed by atoms with Crippen molar-refractivity contribution in [2.45, 2.75) is 31.4 Å². The molecule has 0 radical (unpaired) electrons. The van der Waals surface area contributed by atoms with E-state index in [4.69, 9.17) is 13.7 Å². The van der Waals surface area contributed by atoms with E-state index >= 15 is 0 Å². The smallest absolute Gasteiger partial charge is 0.240 e. The number of hydrogen-bond donors (Lipinski definition) is 0. The van der Waals surface area contributed by atoms with Crippen molar-refractivity contribution in [2.24, 2.45) is 0 Å². The summed E-state index contributed by atoms with van der Waals surface area (Å²) in [5.41, 5.74) is 2.46. The van der Waals surface area contributed by atoms with Gasteiger partial charge in [-0.05, 0) is 127 Å². The van der Waals surface area contributed by atoms with Crippen LogP contribution in [0.25, 0.3) is 11.1 Å². The molecule has 0 saturated carbocycles. The fraction of sp³-hybridized carbons (Fsp3) is 0.0526. The molecule has 248 valence electrons. The molecule has 49 heavy (non-hydrogen) atoms. The lowest BCUT2D eigenvalue weighted by Crippen LogP contribution is -2.02. The molecule has 0 bridgehead atoms. The molecule has 0 N–H and O–H groups in total. The second kappa shape index (κ2) is 14.1. The Morgan fingerprint density at radius 1 is 0.449 bits per heavy atom. The van der Waals surface area contributed by atoms with Gasteiger partial charge in [0.15, 0.2) is 0 Å². The number of ether oxygens (including phenoxy) is 2. The zero-order chi connectivity index (χ0) is 34.6. The van der Waals surface area contributed by atoms with E-state index in [9.17, 15) is 21.0 Å². The van der Waals surface area contributed by atoms with Crippen molar-refractivity contribution in [1.82, 2.24) is 0 Å². The zero-order valence-corrected chi connectivity index (χ0v) is 28.8. The molecule has 0 fully saturated rings. The van der Waals surface area contributed by atoms with Crippen molar-refractivity contribution in [3.05, 3.63) is 151 Å². The average molecular weight is 711 g/mol. The minimum Gasteiger partial charge on any atom is -0.497 e. The van der Waals surface area contributed by atoms with Gasteiger partial charge in [0.2, 0.25) is 30.8 Å². The highest BCUT2D eigenvalue weighted by molar-refractivity contribution is 7.91. The number of methoxy groups -OCH3 is 1. The maximum atomic E-state index is 13.4. The molecule has 6 rings (SSSR count). The Balaban J connectivity index is 1.08. The molecule has 1 atom stereocenters. The van der Waals surface area contributed by atoms with Gasteiger partial charge < -0.3 is 13.7 Å². The lowest BCUT2D eigenvalue weighted by Gasteiger charge is -2.10. The molecule has 0 aromatic heterocycles. The molecule has 0 heterocycles. The van der Waals surface area contributed by atoms with Crippen LogP contribution in [-0.4, -0.2) is 28.2 Å². The summed E-state index contributed by atoms with van der Waals surface area (Å²) in [4.78, 5) is 1.11. The maximum absolute atomic E-state index is 13.4. The lowest BCUT2D eigenvalue weighted by atomic mass is 10.1. The molecule has 6 aromatic carbocycles. The summed E-state index contributed by atoms with van der Waals surface area (Å²) in [6.45, 7) is 1.89. The van der Waals surface area contributed by atoms with Gasteiger partial charge in [-0.25, -0.2) is 21.0 Å². The highest BCUT2D eigenvalue weighted by Crippen LogP contribution is 2.30. The number of hydrogen-bond acceptors (Lipinski definition) is 8. The lowest BCUT2D eigenvalue weighted by molar-refractivity contribution is 0.414. The third-order valence-electron chi connectivity index (χ3n) is 7.61. The third kappa shape index (κ3) is 7.59. The van der Waals surface area contributed by atoms with Crippen LogP contribution in [0.15, 0.2) is 170 Å². The van der Waals surface area contributed by atoms with E-state index in [0.717, 1.165) is 16.7 Å². The first-order chi connectivity index (χ1) is 23.5. The van der Waals surface area contributed by atoms with Crippen LogP contribution < -0.4 is 13.7 Å². The normalized spacial score (nSPS) is 12.2. The van der Waals surface area contributed by atoms with Crippen LogP contribution >= 0.6 is 0 Å². The van der Waals surface area contributed by atoms with Crippen LogP contribution in [0.2, 0.25) is 0 Å². The minimum absolute atomic E-state index is 0.100. The molecular formula is C38H30O8S3.